The maximum absolute atomic E-state index is 13.0. The Morgan fingerprint density at radius 1 is 1.17 bits per heavy atom. The molecule has 36 heavy (non-hydrogen) atoms. The molecule has 3 aromatic rings. The molecule has 2 aromatic carbocycles. The Bertz CT molecular complexity index is 1300. The number of aryl methyl sites for hydroxylation is 1. The van der Waals surface area contributed by atoms with Crippen molar-refractivity contribution in [3.8, 4) is 11.8 Å². The number of nitrogens with one attached hydrogen (secondary N) is 1. The Balaban J connectivity index is 1.43. The SMILES string of the molecule is CCc1nn(-c2ccc(C#N)c(N[C@H]3CCC[C@@H]3OCc3ccccc3)c2)c2c1C(=O)CC(C)(C)C2. The van der Waals surface area contributed by atoms with E-state index in [2.05, 4.69) is 37.4 Å². The number of carbonyl (C=O) groups is 1. The van der Waals surface area contributed by atoms with Gasteiger partial charge < -0.3 is 10.1 Å². The van der Waals surface area contributed by atoms with Gasteiger partial charge in [0.25, 0.3) is 0 Å². The van der Waals surface area contributed by atoms with Crippen molar-refractivity contribution in [1.82, 2.24) is 9.78 Å². The molecule has 1 N–H and O–H groups in total. The van der Waals surface area contributed by atoms with Gasteiger partial charge in [0.2, 0.25) is 0 Å². The number of aromatic nitrogens is 2. The van der Waals surface area contributed by atoms with Crippen molar-refractivity contribution in [3.63, 3.8) is 0 Å². The Labute approximate surface area is 213 Å². The van der Waals surface area contributed by atoms with Crippen molar-refractivity contribution < 1.29 is 9.53 Å². The molecule has 0 spiro atoms. The molecule has 0 amide bonds. The molecule has 5 rings (SSSR count). The van der Waals surface area contributed by atoms with Crippen LogP contribution in [0.2, 0.25) is 0 Å². The number of fused-ring (bicyclic) bond motifs is 1. The number of nitrogens with zero attached hydrogens (tertiary/aromatic N) is 3. The van der Waals surface area contributed by atoms with Crippen LogP contribution in [0.3, 0.4) is 0 Å². The van der Waals surface area contributed by atoms with Crippen molar-refractivity contribution in [2.45, 2.75) is 78.0 Å². The van der Waals surface area contributed by atoms with Crippen molar-refractivity contribution >= 4 is 11.5 Å². The highest BCUT2D eigenvalue weighted by molar-refractivity contribution is 6.00. The smallest absolute Gasteiger partial charge is 0.167 e. The first-order valence-corrected chi connectivity index (χ1v) is 13.0. The first kappa shape index (κ1) is 24.3. The van der Waals surface area contributed by atoms with E-state index in [1.165, 1.54) is 0 Å². The second-order valence-electron chi connectivity index (χ2n) is 10.8. The molecule has 1 aromatic heterocycles. The van der Waals surface area contributed by atoms with E-state index in [4.69, 9.17) is 9.84 Å². The molecule has 2 atom stereocenters. The minimum Gasteiger partial charge on any atom is -0.379 e. The lowest BCUT2D eigenvalue weighted by molar-refractivity contribution is 0.0394. The van der Waals surface area contributed by atoms with E-state index in [1.54, 1.807) is 0 Å². The highest BCUT2D eigenvalue weighted by Crippen LogP contribution is 2.38. The maximum atomic E-state index is 13.0. The summed E-state index contributed by atoms with van der Waals surface area (Å²) in [4.78, 5) is 13.0. The van der Waals surface area contributed by atoms with Crippen LogP contribution >= 0.6 is 0 Å². The molecule has 6 nitrogen and oxygen atoms in total. The van der Waals surface area contributed by atoms with E-state index in [0.717, 1.165) is 59.6 Å². The topological polar surface area (TPSA) is 79.9 Å². The zero-order valence-corrected chi connectivity index (χ0v) is 21.4. The van der Waals surface area contributed by atoms with Crippen LogP contribution in [-0.2, 0) is 24.2 Å². The minimum absolute atomic E-state index is 0.0861. The normalized spacial score (nSPS) is 20.7. The summed E-state index contributed by atoms with van der Waals surface area (Å²) < 4.78 is 8.22. The van der Waals surface area contributed by atoms with Crippen LogP contribution < -0.4 is 5.32 Å². The molecule has 2 aliphatic carbocycles. The van der Waals surface area contributed by atoms with Crippen molar-refractivity contribution in [2.75, 3.05) is 5.32 Å². The molecule has 186 valence electrons. The number of rotatable bonds is 7. The predicted molar refractivity (Wildman–Crippen MR) is 140 cm³/mol. The van der Waals surface area contributed by atoms with E-state index in [0.29, 0.717) is 25.0 Å². The Kier molecular flexibility index (Phi) is 6.68. The highest BCUT2D eigenvalue weighted by atomic mass is 16.5. The van der Waals surface area contributed by atoms with Gasteiger partial charge in [-0.15, -0.1) is 0 Å². The van der Waals surface area contributed by atoms with Crippen LogP contribution in [-0.4, -0.2) is 27.7 Å². The van der Waals surface area contributed by atoms with Gasteiger partial charge in [-0.3, -0.25) is 4.79 Å². The van der Waals surface area contributed by atoms with Gasteiger partial charge in [0.1, 0.15) is 6.07 Å². The van der Waals surface area contributed by atoms with Crippen molar-refractivity contribution in [3.05, 3.63) is 76.6 Å². The molecule has 1 saturated carbocycles. The zero-order valence-electron chi connectivity index (χ0n) is 21.4. The number of nitriles is 1. The van der Waals surface area contributed by atoms with Crippen molar-refractivity contribution in [1.29, 1.82) is 5.26 Å². The molecule has 1 heterocycles. The summed E-state index contributed by atoms with van der Waals surface area (Å²) >= 11 is 0. The summed E-state index contributed by atoms with van der Waals surface area (Å²) in [6.07, 6.45) is 5.22. The fourth-order valence-electron chi connectivity index (χ4n) is 5.64. The first-order valence-electron chi connectivity index (χ1n) is 13.0. The lowest BCUT2D eigenvalue weighted by Gasteiger charge is -2.29. The zero-order chi connectivity index (χ0) is 25.3. The predicted octanol–water partition coefficient (Wildman–Crippen LogP) is 6.01. The third-order valence-electron chi connectivity index (χ3n) is 7.42. The van der Waals surface area contributed by atoms with Gasteiger partial charge >= 0.3 is 0 Å². The number of ketones is 1. The summed E-state index contributed by atoms with van der Waals surface area (Å²) in [5.74, 6) is 0.181. The van der Waals surface area contributed by atoms with Gasteiger partial charge in [-0.25, -0.2) is 4.68 Å². The summed E-state index contributed by atoms with van der Waals surface area (Å²) in [5.41, 5.74) is 5.95. The Morgan fingerprint density at radius 2 is 1.97 bits per heavy atom. The summed E-state index contributed by atoms with van der Waals surface area (Å²) in [6, 6.07) is 18.5. The number of ether oxygens (including phenoxy) is 1. The molecule has 6 heteroatoms. The number of carbonyl (C=O) groups excluding carboxylic acids is 1. The van der Waals surface area contributed by atoms with Gasteiger partial charge in [0.15, 0.2) is 5.78 Å². The molecule has 0 aliphatic heterocycles. The van der Waals surface area contributed by atoms with Gasteiger partial charge in [-0.05, 0) is 61.3 Å². The molecular formula is C30H34N4O2. The second-order valence-corrected chi connectivity index (χ2v) is 10.8. The van der Waals surface area contributed by atoms with E-state index in [-0.39, 0.29) is 23.3 Å². The van der Waals surface area contributed by atoms with Crippen LogP contribution in [0.15, 0.2) is 48.5 Å². The quantitative estimate of drug-likeness (QED) is 0.446. The Hall–Kier alpha value is -3.43. The van der Waals surface area contributed by atoms with Crippen LogP contribution in [0, 0.1) is 16.7 Å². The monoisotopic (exact) mass is 482 g/mol. The molecule has 0 saturated heterocycles. The standard InChI is InChI=1S/C30H34N4O2/c1-4-23-29-26(16-30(2,3)17-27(29)35)34(33-23)22-14-13-21(18-31)25(15-22)32-24-11-8-12-28(24)36-19-20-9-6-5-7-10-20/h5-7,9-10,13-15,24,28,32H,4,8,11-12,16-17,19H2,1-3H3/t24-,28-/m0/s1. The third-order valence-corrected chi connectivity index (χ3v) is 7.42. The maximum Gasteiger partial charge on any atom is 0.167 e. The lowest BCUT2D eigenvalue weighted by atomic mass is 9.75. The van der Waals surface area contributed by atoms with Crippen LogP contribution in [0.5, 0.6) is 0 Å². The number of Topliss-reactive ketones (excluding diaryl/α,β-unsaturated/α-hetero) is 1. The average molecular weight is 483 g/mol. The van der Waals surface area contributed by atoms with Crippen LogP contribution in [0.1, 0.15) is 79.3 Å². The number of anilines is 1. The average Bonchev–Trinajstić information content (AvgIpc) is 3.46. The highest BCUT2D eigenvalue weighted by Gasteiger charge is 2.36. The van der Waals surface area contributed by atoms with Crippen molar-refractivity contribution in [2.24, 2.45) is 5.41 Å². The largest absolute Gasteiger partial charge is 0.379 e. The van der Waals surface area contributed by atoms with Crippen LogP contribution in [0.25, 0.3) is 5.69 Å². The number of hydrogen-bond acceptors (Lipinski definition) is 5. The second kappa shape index (κ2) is 9.91. The molecule has 0 radical (unpaired) electrons. The summed E-state index contributed by atoms with van der Waals surface area (Å²) in [7, 11) is 0. The van der Waals surface area contributed by atoms with E-state index >= 15 is 0 Å². The van der Waals surface area contributed by atoms with Gasteiger partial charge in [0, 0.05) is 6.42 Å². The summed E-state index contributed by atoms with van der Waals surface area (Å²) in [6.45, 7) is 6.90. The molecule has 0 bridgehead atoms. The van der Waals surface area contributed by atoms with Gasteiger partial charge in [-0.1, -0.05) is 51.1 Å². The fraction of sp³-hybridized carbons (Fsp3) is 0.433. The van der Waals surface area contributed by atoms with E-state index < -0.39 is 0 Å². The van der Waals surface area contributed by atoms with Crippen LogP contribution in [0.4, 0.5) is 5.69 Å². The molecule has 0 unspecified atom stereocenters. The molecular weight excluding hydrogens is 448 g/mol. The fourth-order valence-corrected chi connectivity index (χ4v) is 5.64. The number of hydrogen-bond donors (Lipinski definition) is 1. The first-order chi connectivity index (χ1) is 17.4. The minimum atomic E-state index is -0.103. The molecule has 2 aliphatic rings. The lowest BCUT2D eigenvalue weighted by Crippen LogP contribution is -2.31. The van der Waals surface area contributed by atoms with E-state index in [9.17, 15) is 10.1 Å². The molecule has 1 fully saturated rings. The third kappa shape index (κ3) is 4.81. The van der Waals surface area contributed by atoms with Gasteiger partial charge in [0.05, 0.1) is 52.6 Å². The van der Waals surface area contributed by atoms with E-state index in [1.807, 2.05) is 48.0 Å². The summed E-state index contributed by atoms with van der Waals surface area (Å²) in [5, 5.41) is 18.3. The Morgan fingerprint density at radius 3 is 2.72 bits per heavy atom. The number of benzene rings is 2. The van der Waals surface area contributed by atoms with Gasteiger partial charge in [-0.2, -0.15) is 10.4 Å².